The zero-order chi connectivity index (χ0) is 22.7. The first-order valence-corrected chi connectivity index (χ1v) is 11.2. The topological polar surface area (TPSA) is 121 Å². The third-order valence-electron chi connectivity index (χ3n) is 4.41. The van der Waals surface area contributed by atoms with Crippen LogP contribution in [0.25, 0.3) is 10.2 Å². The second-order valence-electron chi connectivity index (χ2n) is 6.69. The minimum absolute atomic E-state index is 0.0433. The molecule has 0 fully saturated rings. The molecule has 0 aliphatic heterocycles. The molecule has 0 saturated carbocycles. The van der Waals surface area contributed by atoms with Crippen LogP contribution in [0.5, 0.6) is 11.5 Å². The van der Waals surface area contributed by atoms with Crippen molar-refractivity contribution in [1.29, 1.82) is 0 Å². The van der Waals surface area contributed by atoms with Crippen LogP contribution in [0.2, 0.25) is 0 Å². The molecule has 1 atom stereocenters. The summed E-state index contributed by atoms with van der Waals surface area (Å²) in [4.78, 5) is 43.3. The number of carbonyl (C=O) groups excluding carboxylic acids is 1. The third kappa shape index (κ3) is 4.82. The van der Waals surface area contributed by atoms with Gasteiger partial charge in [0.05, 0.1) is 16.2 Å². The molecule has 10 heteroatoms. The van der Waals surface area contributed by atoms with Crippen LogP contribution < -0.4 is 15.6 Å². The van der Waals surface area contributed by atoms with E-state index in [1.165, 1.54) is 5.38 Å². The summed E-state index contributed by atoms with van der Waals surface area (Å²) in [7, 11) is 0. The van der Waals surface area contributed by atoms with Crippen molar-refractivity contribution in [2.75, 3.05) is 5.32 Å². The van der Waals surface area contributed by atoms with Crippen LogP contribution >= 0.6 is 23.1 Å². The molecule has 162 valence electrons. The molecule has 0 aliphatic rings. The average Bonchev–Trinajstić information content (AvgIpc) is 3.21. The number of thioether (sulfide) groups is 1. The first kappa shape index (κ1) is 21.6. The number of carboxylic acids is 1. The number of fused-ring (bicyclic) bond motifs is 1. The number of ether oxygens (including phenoxy) is 1. The second kappa shape index (κ2) is 9.25. The first-order chi connectivity index (χ1) is 15.4. The lowest BCUT2D eigenvalue weighted by molar-refractivity contribution is -0.115. The maximum Gasteiger partial charge on any atom is 0.337 e. The predicted octanol–water partition coefficient (Wildman–Crippen LogP) is 4.59. The lowest BCUT2D eigenvalue weighted by Gasteiger charge is -2.12. The maximum atomic E-state index is 12.6. The molecule has 0 aliphatic carbocycles. The number of rotatable bonds is 7. The third-order valence-corrected chi connectivity index (χ3v) is 6.27. The summed E-state index contributed by atoms with van der Waals surface area (Å²) in [6.45, 7) is 1.69. The number of aromatic carboxylic acids is 1. The Morgan fingerprint density at radius 3 is 2.50 bits per heavy atom. The highest BCUT2D eigenvalue weighted by molar-refractivity contribution is 8.00. The number of H-pyrrole nitrogens is 1. The largest absolute Gasteiger partial charge is 0.478 e. The van der Waals surface area contributed by atoms with E-state index < -0.39 is 16.8 Å². The Labute approximate surface area is 190 Å². The Morgan fingerprint density at radius 2 is 1.81 bits per heavy atom. The molecular formula is C22H17N3O5S2. The van der Waals surface area contributed by atoms with E-state index in [2.05, 4.69) is 15.3 Å². The van der Waals surface area contributed by atoms with Crippen molar-refractivity contribution in [3.05, 3.63) is 75.9 Å². The van der Waals surface area contributed by atoms with Gasteiger partial charge in [-0.25, -0.2) is 9.78 Å². The van der Waals surface area contributed by atoms with Gasteiger partial charge in [0, 0.05) is 11.1 Å². The standard InChI is InChI=1S/C22H17N3O5S2/c1-12(32-22-24-19(27)17-16(21(28)29)11-31-20(17)25-22)18(26)23-13-7-9-15(10-8-13)30-14-5-3-2-4-6-14/h2-12H,1H3,(H,23,26)(H,28,29)(H,24,25,27). The molecule has 0 bridgehead atoms. The van der Waals surface area contributed by atoms with Gasteiger partial charge < -0.3 is 20.1 Å². The van der Waals surface area contributed by atoms with E-state index in [0.29, 0.717) is 22.0 Å². The Kier molecular flexibility index (Phi) is 6.24. The number of nitrogens with one attached hydrogen (secondary N) is 2. The SMILES string of the molecule is CC(Sc1nc2scc(C(=O)O)c2c(=O)[nH]1)C(=O)Nc1ccc(Oc2ccccc2)cc1. The number of nitrogens with zero attached hydrogens (tertiary/aromatic N) is 1. The summed E-state index contributed by atoms with van der Waals surface area (Å²) in [5, 5.41) is 13.1. The maximum absolute atomic E-state index is 12.6. The van der Waals surface area contributed by atoms with Gasteiger partial charge in [-0.1, -0.05) is 30.0 Å². The Hall–Kier alpha value is -3.63. The van der Waals surface area contributed by atoms with Crippen LogP contribution in [-0.4, -0.2) is 32.2 Å². The van der Waals surface area contributed by atoms with Gasteiger partial charge in [0.1, 0.15) is 16.3 Å². The van der Waals surface area contributed by atoms with E-state index in [0.717, 1.165) is 23.1 Å². The summed E-state index contributed by atoms with van der Waals surface area (Å²) < 4.78 is 5.73. The summed E-state index contributed by atoms with van der Waals surface area (Å²) in [6, 6.07) is 16.3. The molecule has 1 unspecified atom stereocenters. The predicted molar refractivity (Wildman–Crippen MR) is 124 cm³/mol. The lowest BCUT2D eigenvalue weighted by atomic mass is 10.2. The Morgan fingerprint density at radius 1 is 1.12 bits per heavy atom. The van der Waals surface area contributed by atoms with Crippen molar-refractivity contribution in [2.45, 2.75) is 17.3 Å². The van der Waals surface area contributed by atoms with Crippen LogP contribution in [0.4, 0.5) is 5.69 Å². The van der Waals surface area contributed by atoms with Gasteiger partial charge >= 0.3 is 5.97 Å². The van der Waals surface area contributed by atoms with Crippen molar-refractivity contribution in [3.63, 3.8) is 0 Å². The van der Waals surface area contributed by atoms with Crippen molar-refractivity contribution >= 4 is 50.9 Å². The normalized spacial score (nSPS) is 11.8. The number of benzene rings is 2. The quantitative estimate of drug-likeness (QED) is 0.268. The van der Waals surface area contributed by atoms with Gasteiger partial charge in [0.15, 0.2) is 5.16 Å². The molecule has 3 N–H and O–H groups in total. The fourth-order valence-corrected chi connectivity index (χ4v) is 4.61. The summed E-state index contributed by atoms with van der Waals surface area (Å²) in [6.07, 6.45) is 0. The summed E-state index contributed by atoms with van der Waals surface area (Å²) in [5.74, 6) is -0.0962. The molecule has 0 saturated heterocycles. The zero-order valence-corrected chi connectivity index (χ0v) is 18.3. The minimum atomic E-state index is -1.18. The van der Waals surface area contributed by atoms with Crippen LogP contribution in [0.15, 0.2) is 69.9 Å². The smallest absolute Gasteiger partial charge is 0.337 e. The van der Waals surface area contributed by atoms with E-state index >= 15 is 0 Å². The summed E-state index contributed by atoms with van der Waals surface area (Å²) >= 11 is 2.15. The van der Waals surface area contributed by atoms with Gasteiger partial charge in [0.2, 0.25) is 5.91 Å². The minimum Gasteiger partial charge on any atom is -0.478 e. The van der Waals surface area contributed by atoms with Crippen molar-refractivity contribution in [1.82, 2.24) is 9.97 Å². The van der Waals surface area contributed by atoms with Crippen molar-refractivity contribution in [2.24, 2.45) is 0 Å². The number of aromatic nitrogens is 2. The number of thiophene rings is 1. The molecule has 2 heterocycles. The zero-order valence-electron chi connectivity index (χ0n) is 16.7. The van der Waals surface area contributed by atoms with E-state index in [-0.39, 0.29) is 22.0 Å². The fourth-order valence-electron chi connectivity index (χ4n) is 2.84. The molecule has 0 radical (unpaired) electrons. The molecule has 8 nitrogen and oxygen atoms in total. The number of amides is 1. The molecule has 1 amide bonds. The number of carboxylic acid groups (broad SMARTS) is 1. The van der Waals surface area contributed by atoms with Crippen LogP contribution in [0, 0.1) is 0 Å². The molecular weight excluding hydrogens is 450 g/mol. The highest BCUT2D eigenvalue weighted by Gasteiger charge is 2.20. The molecule has 4 aromatic rings. The lowest BCUT2D eigenvalue weighted by Crippen LogP contribution is -2.23. The number of anilines is 1. The first-order valence-electron chi connectivity index (χ1n) is 9.46. The number of para-hydroxylation sites is 1. The highest BCUT2D eigenvalue weighted by Crippen LogP contribution is 2.26. The fraction of sp³-hybridized carbons (Fsp3) is 0.0909. The Balaban J connectivity index is 1.41. The van der Waals surface area contributed by atoms with Gasteiger partial charge in [-0.2, -0.15) is 0 Å². The van der Waals surface area contributed by atoms with Gasteiger partial charge in [-0.3, -0.25) is 9.59 Å². The number of hydrogen-bond acceptors (Lipinski definition) is 7. The monoisotopic (exact) mass is 467 g/mol. The Bertz CT molecular complexity index is 1330. The van der Waals surface area contributed by atoms with Crippen molar-refractivity contribution < 1.29 is 19.4 Å². The van der Waals surface area contributed by atoms with E-state index in [1.54, 1.807) is 31.2 Å². The molecule has 32 heavy (non-hydrogen) atoms. The molecule has 2 aromatic heterocycles. The van der Waals surface area contributed by atoms with E-state index in [1.807, 2.05) is 30.3 Å². The van der Waals surface area contributed by atoms with Crippen LogP contribution in [0.3, 0.4) is 0 Å². The molecule has 4 rings (SSSR count). The van der Waals surface area contributed by atoms with Crippen molar-refractivity contribution in [3.8, 4) is 11.5 Å². The number of aromatic amines is 1. The van der Waals surface area contributed by atoms with E-state index in [9.17, 15) is 19.5 Å². The van der Waals surface area contributed by atoms with Crippen LogP contribution in [0.1, 0.15) is 17.3 Å². The van der Waals surface area contributed by atoms with Gasteiger partial charge in [-0.05, 0) is 43.3 Å². The number of hydrogen-bond donors (Lipinski definition) is 3. The van der Waals surface area contributed by atoms with E-state index in [4.69, 9.17) is 4.74 Å². The highest BCUT2D eigenvalue weighted by atomic mass is 32.2. The summed E-state index contributed by atoms with van der Waals surface area (Å²) in [5.41, 5.74) is -0.0253. The second-order valence-corrected chi connectivity index (χ2v) is 8.88. The molecule has 2 aromatic carbocycles. The molecule has 0 spiro atoms. The number of carbonyl (C=O) groups is 2. The average molecular weight is 468 g/mol. The van der Waals surface area contributed by atoms with Gasteiger partial charge in [0.25, 0.3) is 5.56 Å². The van der Waals surface area contributed by atoms with Crippen LogP contribution in [-0.2, 0) is 4.79 Å². The van der Waals surface area contributed by atoms with Gasteiger partial charge in [-0.15, -0.1) is 11.3 Å².